The van der Waals surface area contributed by atoms with Crippen molar-refractivity contribution in [3.8, 4) is 0 Å². The Labute approximate surface area is 150 Å². The van der Waals surface area contributed by atoms with Gasteiger partial charge in [-0.15, -0.1) is 0 Å². The molecule has 0 unspecified atom stereocenters. The van der Waals surface area contributed by atoms with Gasteiger partial charge in [-0.3, -0.25) is 9.59 Å². The zero-order valence-electron chi connectivity index (χ0n) is 15.3. The second-order valence-electron chi connectivity index (χ2n) is 7.09. The molecule has 0 heterocycles. The van der Waals surface area contributed by atoms with Crippen molar-refractivity contribution >= 4 is 11.9 Å². The highest BCUT2D eigenvalue weighted by molar-refractivity contribution is 5.66. The van der Waals surface area contributed by atoms with Crippen molar-refractivity contribution in [1.82, 2.24) is 0 Å². The quantitative estimate of drug-likeness (QED) is 0.529. The summed E-state index contributed by atoms with van der Waals surface area (Å²) in [4.78, 5) is 21.9. The number of ether oxygens (including phenoxy) is 3. The van der Waals surface area contributed by atoms with Gasteiger partial charge in [0.05, 0.1) is 12.5 Å². The van der Waals surface area contributed by atoms with Gasteiger partial charge in [-0.05, 0) is 75.4 Å². The van der Waals surface area contributed by atoms with Crippen molar-refractivity contribution in [1.29, 1.82) is 0 Å². The predicted octanol–water partition coefficient (Wildman–Crippen LogP) is 4.27. The third-order valence-corrected chi connectivity index (χ3v) is 4.96. The fraction of sp³-hybridized carbons (Fsp3) is 0.700. The SMILES string of the molecule is CC(=O)OC1CCC(C=COC=CC2CCC(OC(C)=O)CC2)CC1. The predicted molar refractivity (Wildman–Crippen MR) is 94.4 cm³/mol. The van der Waals surface area contributed by atoms with Crippen LogP contribution < -0.4 is 0 Å². The highest BCUT2D eigenvalue weighted by Crippen LogP contribution is 2.28. The average Bonchev–Trinajstić information content (AvgIpc) is 2.56. The third kappa shape index (κ3) is 7.76. The van der Waals surface area contributed by atoms with E-state index in [-0.39, 0.29) is 24.1 Å². The van der Waals surface area contributed by atoms with Gasteiger partial charge >= 0.3 is 11.9 Å². The molecule has 2 aliphatic carbocycles. The van der Waals surface area contributed by atoms with Gasteiger partial charge in [-0.1, -0.05) is 0 Å². The lowest BCUT2D eigenvalue weighted by atomic mass is 9.87. The van der Waals surface area contributed by atoms with Gasteiger partial charge in [0.15, 0.2) is 0 Å². The molecule has 25 heavy (non-hydrogen) atoms. The summed E-state index contributed by atoms with van der Waals surface area (Å²) in [6.07, 6.45) is 15.7. The number of allylic oxidation sites excluding steroid dienone is 2. The molecule has 2 aliphatic rings. The molecule has 5 heteroatoms. The fourth-order valence-electron chi connectivity index (χ4n) is 3.63. The van der Waals surface area contributed by atoms with Crippen molar-refractivity contribution in [2.45, 2.75) is 77.4 Å². The summed E-state index contributed by atoms with van der Waals surface area (Å²) in [5.74, 6) is 0.627. The molecule has 0 bridgehead atoms. The summed E-state index contributed by atoms with van der Waals surface area (Å²) in [6.45, 7) is 2.93. The van der Waals surface area contributed by atoms with E-state index < -0.39 is 0 Å². The molecule has 0 saturated heterocycles. The molecule has 0 aromatic heterocycles. The lowest BCUT2D eigenvalue weighted by molar-refractivity contribution is -0.149. The molecule has 0 spiro atoms. The standard InChI is InChI=1S/C20H30O5/c1-15(21)24-19-7-3-17(4-8-19)11-13-23-14-12-18-5-9-20(10-6-18)25-16(2)22/h11-14,17-20H,3-10H2,1-2H3. The molecule has 2 fully saturated rings. The number of hydrogen-bond donors (Lipinski definition) is 0. The summed E-state index contributed by atoms with van der Waals surface area (Å²) in [5, 5.41) is 0. The van der Waals surface area contributed by atoms with Crippen LogP contribution in [0.3, 0.4) is 0 Å². The van der Waals surface area contributed by atoms with Crippen molar-refractivity contribution < 1.29 is 23.8 Å². The van der Waals surface area contributed by atoms with E-state index in [9.17, 15) is 9.59 Å². The summed E-state index contributed by atoms with van der Waals surface area (Å²) >= 11 is 0. The van der Waals surface area contributed by atoms with E-state index in [0.717, 1.165) is 51.4 Å². The monoisotopic (exact) mass is 350 g/mol. The molecule has 0 aliphatic heterocycles. The van der Waals surface area contributed by atoms with Gasteiger partial charge in [0, 0.05) is 13.8 Å². The molecular weight excluding hydrogens is 320 g/mol. The smallest absolute Gasteiger partial charge is 0.302 e. The first kappa shape index (κ1) is 19.5. The second kappa shape index (κ2) is 10.3. The van der Waals surface area contributed by atoms with Crippen LogP contribution in [0.15, 0.2) is 24.7 Å². The summed E-state index contributed by atoms with van der Waals surface area (Å²) in [5.41, 5.74) is 0. The normalized spacial score (nSPS) is 30.3. The zero-order valence-corrected chi connectivity index (χ0v) is 15.3. The minimum absolute atomic E-state index is 0.0880. The van der Waals surface area contributed by atoms with E-state index in [4.69, 9.17) is 14.2 Å². The maximum absolute atomic E-state index is 10.9. The highest BCUT2D eigenvalue weighted by Gasteiger charge is 2.22. The molecule has 0 aromatic rings. The van der Waals surface area contributed by atoms with Gasteiger partial charge in [0.25, 0.3) is 0 Å². The van der Waals surface area contributed by atoms with E-state index >= 15 is 0 Å². The van der Waals surface area contributed by atoms with Crippen LogP contribution in [0.1, 0.15) is 65.2 Å². The summed E-state index contributed by atoms with van der Waals surface area (Å²) in [6, 6.07) is 0. The van der Waals surface area contributed by atoms with Crippen LogP contribution in [0.25, 0.3) is 0 Å². The van der Waals surface area contributed by atoms with Crippen LogP contribution in [-0.4, -0.2) is 24.1 Å². The van der Waals surface area contributed by atoms with Gasteiger partial charge in [-0.25, -0.2) is 0 Å². The first-order chi connectivity index (χ1) is 12.0. The van der Waals surface area contributed by atoms with Crippen molar-refractivity contribution in [2.75, 3.05) is 0 Å². The van der Waals surface area contributed by atoms with Gasteiger partial charge < -0.3 is 14.2 Å². The van der Waals surface area contributed by atoms with Gasteiger partial charge in [-0.2, -0.15) is 0 Å². The van der Waals surface area contributed by atoms with E-state index in [1.54, 1.807) is 12.5 Å². The summed E-state index contributed by atoms with van der Waals surface area (Å²) in [7, 11) is 0. The Balaban J connectivity index is 1.58. The molecule has 140 valence electrons. The number of rotatable bonds is 6. The molecule has 0 atom stereocenters. The lowest BCUT2D eigenvalue weighted by Gasteiger charge is -2.26. The molecule has 0 N–H and O–H groups in total. The number of hydrogen-bond acceptors (Lipinski definition) is 5. The minimum atomic E-state index is -0.186. The van der Waals surface area contributed by atoms with Crippen LogP contribution in [0.5, 0.6) is 0 Å². The molecule has 0 amide bonds. The van der Waals surface area contributed by atoms with Crippen LogP contribution in [-0.2, 0) is 23.8 Å². The van der Waals surface area contributed by atoms with E-state index in [1.165, 1.54) is 13.8 Å². The van der Waals surface area contributed by atoms with Crippen molar-refractivity contribution in [3.05, 3.63) is 24.7 Å². The molecular formula is C20H30O5. The fourth-order valence-corrected chi connectivity index (χ4v) is 3.63. The average molecular weight is 350 g/mol. The van der Waals surface area contributed by atoms with E-state index in [1.807, 2.05) is 0 Å². The van der Waals surface area contributed by atoms with Crippen LogP contribution in [0, 0.1) is 11.8 Å². The lowest BCUT2D eigenvalue weighted by Crippen LogP contribution is -2.22. The van der Waals surface area contributed by atoms with Crippen molar-refractivity contribution in [2.24, 2.45) is 11.8 Å². The van der Waals surface area contributed by atoms with Gasteiger partial charge in [0.2, 0.25) is 0 Å². The Morgan fingerprint density at radius 1 is 0.680 bits per heavy atom. The third-order valence-electron chi connectivity index (χ3n) is 4.96. The second-order valence-corrected chi connectivity index (χ2v) is 7.09. The minimum Gasteiger partial charge on any atom is -0.473 e. The van der Waals surface area contributed by atoms with Crippen LogP contribution >= 0.6 is 0 Å². The Morgan fingerprint density at radius 3 is 1.36 bits per heavy atom. The number of carbonyl (C=O) groups is 2. The first-order valence-corrected chi connectivity index (χ1v) is 9.36. The largest absolute Gasteiger partial charge is 0.473 e. The molecule has 2 saturated carbocycles. The molecule has 0 aromatic carbocycles. The van der Waals surface area contributed by atoms with Gasteiger partial charge in [0.1, 0.15) is 12.2 Å². The molecule has 2 rings (SSSR count). The van der Waals surface area contributed by atoms with Crippen LogP contribution in [0.4, 0.5) is 0 Å². The molecule has 0 radical (unpaired) electrons. The Hall–Kier alpha value is -1.78. The van der Waals surface area contributed by atoms with Crippen LogP contribution in [0.2, 0.25) is 0 Å². The topological polar surface area (TPSA) is 61.8 Å². The molecule has 5 nitrogen and oxygen atoms in total. The maximum Gasteiger partial charge on any atom is 0.302 e. The Bertz CT molecular complexity index is 436. The number of carbonyl (C=O) groups excluding carboxylic acids is 2. The zero-order chi connectivity index (χ0) is 18.1. The Morgan fingerprint density at radius 2 is 1.04 bits per heavy atom. The highest BCUT2D eigenvalue weighted by atomic mass is 16.5. The van der Waals surface area contributed by atoms with Crippen molar-refractivity contribution in [3.63, 3.8) is 0 Å². The van der Waals surface area contributed by atoms with E-state index in [0.29, 0.717) is 11.8 Å². The maximum atomic E-state index is 10.9. The Kier molecular flexibility index (Phi) is 8.02. The summed E-state index contributed by atoms with van der Waals surface area (Å²) < 4.78 is 16.0. The number of esters is 2. The van der Waals surface area contributed by atoms with E-state index in [2.05, 4.69) is 12.2 Å². The first-order valence-electron chi connectivity index (χ1n) is 9.36.